The highest BCUT2D eigenvalue weighted by molar-refractivity contribution is 6.32. The van der Waals surface area contributed by atoms with Crippen molar-refractivity contribution in [1.82, 2.24) is 5.32 Å². The Labute approximate surface area is 90.2 Å². The quantitative estimate of drug-likeness (QED) is 0.831. The van der Waals surface area contributed by atoms with E-state index in [9.17, 15) is 0 Å². The summed E-state index contributed by atoms with van der Waals surface area (Å²) >= 11 is 6.04. The van der Waals surface area contributed by atoms with Crippen molar-refractivity contribution in [3.8, 4) is 5.75 Å². The van der Waals surface area contributed by atoms with Crippen LogP contribution in [0.1, 0.15) is 18.1 Å². The Morgan fingerprint density at radius 2 is 2.07 bits per heavy atom. The average Bonchev–Trinajstić information content (AvgIpc) is 2.19. The van der Waals surface area contributed by atoms with Crippen LogP contribution in [0, 0.1) is 0 Å². The summed E-state index contributed by atoms with van der Waals surface area (Å²) in [6, 6.07) is 3.98. The Kier molecular flexibility index (Phi) is 4.23. The van der Waals surface area contributed by atoms with E-state index in [-0.39, 0.29) is 0 Å². The number of ether oxygens (including phenoxy) is 1. The van der Waals surface area contributed by atoms with Crippen LogP contribution in [0.5, 0.6) is 5.75 Å². The van der Waals surface area contributed by atoms with Gasteiger partial charge in [0.05, 0.1) is 12.1 Å². The lowest BCUT2D eigenvalue weighted by atomic mass is 10.0. The van der Waals surface area contributed by atoms with Crippen LogP contribution in [-0.2, 0) is 13.0 Å². The van der Waals surface area contributed by atoms with Crippen molar-refractivity contribution in [3.63, 3.8) is 0 Å². The monoisotopic (exact) mass is 213 g/mol. The molecule has 0 aliphatic carbocycles. The fraction of sp³-hybridized carbons (Fsp3) is 0.455. The van der Waals surface area contributed by atoms with E-state index >= 15 is 0 Å². The molecule has 1 aromatic rings. The van der Waals surface area contributed by atoms with Crippen LogP contribution < -0.4 is 10.1 Å². The minimum absolute atomic E-state index is 0.676. The lowest BCUT2D eigenvalue weighted by molar-refractivity contribution is 0.414. The standard InChI is InChI=1S/C11H16ClNO/c1-4-8-6-11(14-3)10(12)5-9(8)7-13-2/h5-6,13H,4,7H2,1-3H3. The first-order valence-corrected chi connectivity index (χ1v) is 5.10. The molecule has 78 valence electrons. The molecule has 0 saturated carbocycles. The molecule has 0 spiro atoms. The SMILES string of the molecule is CCc1cc(OC)c(Cl)cc1CNC. The number of rotatable bonds is 4. The fourth-order valence-electron chi connectivity index (χ4n) is 1.48. The van der Waals surface area contributed by atoms with E-state index < -0.39 is 0 Å². The zero-order chi connectivity index (χ0) is 10.6. The van der Waals surface area contributed by atoms with E-state index in [0.29, 0.717) is 5.02 Å². The minimum atomic E-state index is 0.676. The van der Waals surface area contributed by atoms with Gasteiger partial charge in [0.15, 0.2) is 0 Å². The Bertz CT molecular complexity index is 312. The summed E-state index contributed by atoms with van der Waals surface area (Å²) in [5.74, 6) is 0.753. The minimum Gasteiger partial charge on any atom is -0.495 e. The third-order valence-electron chi connectivity index (χ3n) is 2.22. The molecule has 0 fully saturated rings. The predicted octanol–water partition coefficient (Wildman–Crippen LogP) is 2.63. The molecule has 0 aromatic heterocycles. The molecular weight excluding hydrogens is 198 g/mol. The molecule has 0 unspecified atom stereocenters. The second kappa shape index (κ2) is 5.23. The molecule has 2 nitrogen and oxygen atoms in total. The number of aryl methyl sites for hydroxylation is 1. The van der Waals surface area contributed by atoms with Gasteiger partial charge in [-0.05, 0) is 36.7 Å². The van der Waals surface area contributed by atoms with Crippen LogP contribution in [0.25, 0.3) is 0 Å². The highest BCUT2D eigenvalue weighted by Crippen LogP contribution is 2.28. The van der Waals surface area contributed by atoms with E-state index in [2.05, 4.69) is 12.2 Å². The zero-order valence-electron chi connectivity index (χ0n) is 8.86. The van der Waals surface area contributed by atoms with Gasteiger partial charge in [0.1, 0.15) is 5.75 Å². The van der Waals surface area contributed by atoms with Crippen LogP contribution in [0.4, 0.5) is 0 Å². The van der Waals surface area contributed by atoms with Crippen LogP contribution in [-0.4, -0.2) is 14.2 Å². The molecule has 0 bridgehead atoms. The summed E-state index contributed by atoms with van der Waals surface area (Å²) in [6.45, 7) is 2.97. The molecule has 0 heterocycles. The van der Waals surface area contributed by atoms with Crippen molar-refractivity contribution in [2.45, 2.75) is 19.9 Å². The zero-order valence-corrected chi connectivity index (χ0v) is 9.61. The molecule has 0 aliphatic heterocycles. The van der Waals surface area contributed by atoms with Gasteiger partial charge >= 0.3 is 0 Å². The lowest BCUT2D eigenvalue weighted by Gasteiger charge is -2.11. The number of hydrogen-bond donors (Lipinski definition) is 1. The van der Waals surface area contributed by atoms with E-state index in [1.807, 2.05) is 19.2 Å². The Balaban J connectivity index is 3.10. The molecular formula is C11H16ClNO. The highest BCUT2D eigenvalue weighted by Gasteiger charge is 2.06. The molecule has 0 saturated heterocycles. The summed E-state index contributed by atoms with van der Waals surface area (Å²) in [5.41, 5.74) is 2.52. The average molecular weight is 214 g/mol. The van der Waals surface area contributed by atoms with E-state index in [4.69, 9.17) is 16.3 Å². The maximum absolute atomic E-state index is 6.04. The van der Waals surface area contributed by atoms with Gasteiger partial charge in [-0.25, -0.2) is 0 Å². The predicted molar refractivity (Wildman–Crippen MR) is 60.1 cm³/mol. The smallest absolute Gasteiger partial charge is 0.137 e. The lowest BCUT2D eigenvalue weighted by Crippen LogP contribution is -2.07. The molecule has 0 radical (unpaired) electrons. The summed E-state index contributed by atoms with van der Waals surface area (Å²) in [5, 5.41) is 3.80. The van der Waals surface area contributed by atoms with Gasteiger partial charge in [0.2, 0.25) is 0 Å². The van der Waals surface area contributed by atoms with Gasteiger partial charge in [-0.15, -0.1) is 0 Å². The van der Waals surface area contributed by atoms with Gasteiger partial charge in [-0.2, -0.15) is 0 Å². The van der Waals surface area contributed by atoms with Crippen LogP contribution in [0.15, 0.2) is 12.1 Å². The molecule has 3 heteroatoms. The summed E-state index contributed by atoms with van der Waals surface area (Å²) in [7, 11) is 3.57. The largest absolute Gasteiger partial charge is 0.495 e. The van der Waals surface area contributed by atoms with Crippen molar-refractivity contribution < 1.29 is 4.74 Å². The third-order valence-corrected chi connectivity index (χ3v) is 2.52. The molecule has 14 heavy (non-hydrogen) atoms. The first-order valence-electron chi connectivity index (χ1n) is 4.72. The molecule has 1 N–H and O–H groups in total. The Hall–Kier alpha value is -0.730. The normalized spacial score (nSPS) is 10.3. The number of halogens is 1. The summed E-state index contributed by atoms with van der Waals surface area (Å²) in [6.07, 6.45) is 0.991. The van der Waals surface area contributed by atoms with Gasteiger partial charge in [0, 0.05) is 6.54 Å². The van der Waals surface area contributed by atoms with Gasteiger partial charge in [-0.3, -0.25) is 0 Å². The van der Waals surface area contributed by atoms with Crippen molar-refractivity contribution in [3.05, 3.63) is 28.3 Å². The maximum atomic E-state index is 6.04. The van der Waals surface area contributed by atoms with Crippen LogP contribution >= 0.6 is 11.6 Å². The van der Waals surface area contributed by atoms with Gasteiger partial charge in [-0.1, -0.05) is 18.5 Å². The van der Waals surface area contributed by atoms with Crippen molar-refractivity contribution >= 4 is 11.6 Å². The van der Waals surface area contributed by atoms with Crippen molar-refractivity contribution in [1.29, 1.82) is 0 Å². The first-order chi connectivity index (χ1) is 6.72. The third kappa shape index (κ3) is 2.40. The highest BCUT2D eigenvalue weighted by atomic mass is 35.5. The molecule has 1 rings (SSSR count). The second-order valence-corrected chi connectivity index (χ2v) is 3.55. The summed E-state index contributed by atoms with van der Waals surface area (Å²) < 4.78 is 5.17. The van der Waals surface area contributed by atoms with Crippen LogP contribution in [0.3, 0.4) is 0 Å². The number of nitrogens with one attached hydrogen (secondary N) is 1. The number of hydrogen-bond acceptors (Lipinski definition) is 2. The Morgan fingerprint density at radius 1 is 1.36 bits per heavy atom. The second-order valence-electron chi connectivity index (χ2n) is 3.14. The molecule has 0 atom stereocenters. The number of benzene rings is 1. The molecule has 0 aliphatic rings. The van der Waals surface area contributed by atoms with Crippen LogP contribution in [0.2, 0.25) is 5.02 Å². The summed E-state index contributed by atoms with van der Waals surface area (Å²) in [4.78, 5) is 0. The van der Waals surface area contributed by atoms with Gasteiger partial charge in [0.25, 0.3) is 0 Å². The topological polar surface area (TPSA) is 21.3 Å². The molecule has 0 amide bonds. The number of methoxy groups -OCH3 is 1. The van der Waals surface area contributed by atoms with Crippen molar-refractivity contribution in [2.24, 2.45) is 0 Å². The van der Waals surface area contributed by atoms with Gasteiger partial charge < -0.3 is 10.1 Å². The Morgan fingerprint density at radius 3 is 2.57 bits per heavy atom. The fourth-order valence-corrected chi connectivity index (χ4v) is 1.74. The molecule has 1 aromatic carbocycles. The van der Waals surface area contributed by atoms with E-state index in [0.717, 1.165) is 18.7 Å². The van der Waals surface area contributed by atoms with Crippen molar-refractivity contribution in [2.75, 3.05) is 14.2 Å². The maximum Gasteiger partial charge on any atom is 0.137 e. The van der Waals surface area contributed by atoms with E-state index in [1.165, 1.54) is 11.1 Å². The first kappa shape index (κ1) is 11.3. The van der Waals surface area contributed by atoms with E-state index in [1.54, 1.807) is 7.11 Å².